The highest BCUT2D eigenvalue weighted by Crippen LogP contribution is 2.39. The predicted molar refractivity (Wildman–Crippen MR) is 106 cm³/mol. The van der Waals surface area contributed by atoms with E-state index in [2.05, 4.69) is 10.6 Å². The largest absolute Gasteiger partial charge is 0.497 e. The van der Waals surface area contributed by atoms with Crippen LogP contribution in [-0.4, -0.2) is 25.5 Å². The van der Waals surface area contributed by atoms with E-state index in [9.17, 15) is 9.59 Å². The monoisotopic (exact) mass is 366 g/mol. The lowest BCUT2D eigenvalue weighted by atomic mass is 10.1. The molecule has 3 rings (SSSR count). The van der Waals surface area contributed by atoms with Crippen LogP contribution in [0.2, 0.25) is 0 Å². The van der Waals surface area contributed by atoms with E-state index in [-0.39, 0.29) is 23.7 Å². The van der Waals surface area contributed by atoms with Crippen LogP contribution in [0.4, 0.5) is 5.69 Å². The van der Waals surface area contributed by atoms with Gasteiger partial charge in [0.25, 0.3) is 0 Å². The molecule has 5 nitrogen and oxygen atoms in total. The highest BCUT2D eigenvalue weighted by molar-refractivity contribution is 5.99. The average Bonchev–Trinajstić information content (AvgIpc) is 3.46. The summed E-state index contributed by atoms with van der Waals surface area (Å²) in [5, 5.41) is 5.90. The second-order valence-electron chi connectivity index (χ2n) is 7.15. The van der Waals surface area contributed by atoms with Crippen molar-refractivity contribution in [3.63, 3.8) is 0 Å². The molecule has 1 aliphatic rings. The van der Waals surface area contributed by atoms with E-state index in [1.54, 1.807) is 7.11 Å². The molecular formula is C22H26N2O3. The predicted octanol–water partition coefficient (Wildman–Crippen LogP) is 3.25. The molecule has 2 aromatic carbocycles. The first kappa shape index (κ1) is 19.0. The molecule has 27 heavy (non-hydrogen) atoms. The Bertz CT molecular complexity index is 847. The quantitative estimate of drug-likeness (QED) is 0.790. The third-order valence-electron chi connectivity index (χ3n) is 4.96. The smallest absolute Gasteiger partial charge is 0.228 e. The van der Waals surface area contributed by atoms with Crippen LogP contribution in [0.15, 0.2) is 42.5 Å². The van der Waals surface area contributed by atoms with Gasteiger partial charge in [-0.2, -0.15) is 0 Å². The number of carbonyl (C=O) groups is 2. The molecule has 1 saturated carbocycles. The van der Waals surface area contributed by atoms with E-state index in [1.807, 2.05) is 56.3 Å². The fourth-order valence-corrected chi connectivity index (χ4v) is 3.16. The van der Waals surface area contributed by atoms with Gasteiger partial charge >= 0.3 is 0 Å². The molecule has 0 spiro atoms. The van der Waals surface area contributed by atoms with E-state index in [1.165, 1.54) is 0 Å². The zero-order valence-electron chi connectivity index (χ0n) is 16.0. The summed E-state index contributed by atoms with van der Waals surface area (Å²) in [6.45, 7) is 4.50. The van der Waals surface area contributed by atoms with Crippen LogP contribution in [0.5, 0.6) is 5.75 Å². The Morgan fingerprint density at radius 2 is 1.85 bits per heavy atom. The highest BCUT2D eigenvalue weighted by Gasteiger charge is 2.47. The number of aryl methyl sites for hydroxylation is 2. The minimum absolute atomic E-state index is 0.0426. The number of anilines is 1. The van der Waals surface area contributed by atoms with Crippen LogP contribution < -0.4 is 15.4 Å². The lowest BCUT2D eigenvalue weighted by Crippen LogP contribution is -2.29. The van der Waals surface area contributed by atoms with Gasteiger partial charge in [0.1, 0.15) is 5.75 Å². The number of hydrogen-bond donors (Lipinski definition) is 2. The molecule has 1 fully saturated rings. The summed E-state index contributed by atoms with van der Waals surface area (Å²) in [5.41, 5.74) is 4.05. The van der Waals surface area contributed by atoms with Crippen molar-refractivity contribution in [1.29, 1.82) is 0 Å². The number of ether oxygens (including phenoxy) is 1. The van der Waals surface area contributed by atoms with Crippen molar-refractivity contribution in [1.82, 2.24) is 5.32 Å². The second kappa shape index (κ2) is 8.25. The van der Waals surface area contributed by atoms with E-state index in [0.29, 0.717) is 13.0 Å². The van der Waals surface area contributed by atoms with Gasteiger partial charge in [-0.05, 0) is 61.6 Å². The van der Waals surface area contributed by atoms with Crippen molar-refractivity contribution in [2.45, 2.75) is 26.7 Å². The summed E-state index contributed by atoms with van der Waals surface area (Å²) in [7, 11) is 1.64. The van der Waals surface area contributed by atoms with Gasteiger partial charge in [0.2, 0.25) is 11.8 Å². The molecule has 2 aromatic rings. The number of rotatable bonds is 7. The first-order valence-corrected chi connectivity index (χ1v) is 9.26. The number of carbonyl (C=O) groups excluding carboxylic acids is 2. The molecule has 2 N–H and O–H groups in total. The maximum absolute atomic E-state index is 12.4. The summed E-state index contributed by atoms with van der Waals surface area (Å²) in [4.78, 5) is 24.7. The molecule has 0 radical (unpaired) electrons. The fourth-order valence-electron chi connectivity index (χ4n) is 3.16. The summed E-state index contributed by atoms with van der Waals surface area (Å²) in [6.07, 6.45) is 1.34. The van der Waals surface area contributed by atoms with Crippen LogP contribution in [0.3, 0.4) is 0 Å². The average molecular weight is 366 g/mol. The molecule has 2 amide bonds. The van der Waals surface area contributed by atoms with Gasteiger partial charge in [-0.25, -0.2) is 0 Å². The van der Waals surface area contributed by atoms with Gasteiger partial charge in [0.05, 0.1) is 18.9 Å². The molecule has 0 aromatic heterocycles. The Balaban J connectivity index is 1.45. The first-order valence-electron chi connectivity index (χ1n) is 9.26. The molecule has 1 aliphatic carbocycles. The Morgan fingerprint density at radius 3 is 2.63 bits per heavy atom. The highest BCUT2D eigenvalue weighted by atomic mass is 16.5. The van der Waals surface area contributed by atoms with Crippen molar-refractivity contribution < 1.29 is 14.3 Å². The standard InChI is InChI=1S/C22H26N2O3/c1-14-7-8-15(2)20(11-14)24-22(26)19-13-18(19)21(25)23-10-9-16-5-4-6-17(12-16)27-3/h4-8,11-12,18-19H,9-10,13H2,1-3H3,(H,23,25)(H,24,26). The molecule has 142 valence electrons. The van der Waals surface area contributed by atoms with E-state index in [4.69, 9.17) is 4.74 Å². The van der Waals surface area contributed by atoms with E-state index >= 15 is 0 Å². The lowest BCUT2D eigenvalue weighted by Gasteiger charge is -2.09. The summed E-state index contributed by atoms with van der Waals surface area (Å²) >= 11 is 0. The second-order valence-corrected chi connectivity index (χ2v) is 7.15. The Hall–Kier alpha value is -2.82. The molecule has 0 aliphatic heterocycles. The van der Waals surface area contributed by atoms with Crippen molar-refractivity contribution in [2.24, 2.45) is 11.8 Å². The zero-order valence-corrected chi connectivity index (χ0v) is 16.0. The third-order valence-corrected chi connectivity index (χ3v) is 4.96. The van der Waals surface area contributed by atoms with Crippen LogP contribution >= 0.6 is 0 Å². The molecule has 5 heteroatoms. The lowest BCUT2D eigenvalue weighted by molar-refractivity contribution is -0.125. The fraction of sp³-hybridized carbons (Fsp3) is 0.364. The summed E-state index contributed by atoms with van der Waals surface area (Å²) < 4.78 is 5.20. The number of benzene rings is 2. The number of hydrogen-bond acceptors (Lipinski definition) is 3. The van der Waals surface area contributed by atoms with Crippen LogP contribution in [0.25, 0.3) is 0 Å². The summed E-state index contributed by atoms with van der Waals surface area (Å²) in [6, 6.07) is 13.8. The van der Waals surface area contributed by atoms with Crippen LogP contribution in [0, 0.1) is 25.7 Å². The SMILES string of the molecule is COc1cccc(CCNC(=O)C2CC2C(=O)Nc2cc(C)ccc2C)c1. The van der Waals surface area contributed by atoms with Crippen molar-refractivity contribution in [3.05, 3.63) is 59.2 Å². The van der Waals surface area contributed by atoms with Crippen LogP contribution in [-0.2, 0) is 16.0 Å². The third kappa shape index (κ3) is 4.88. The van der Waals surface area contributed by atoms with Gasteiger partial charge in [0.15, 0.2) is 0 Å². The van der Waals surface area contributed by atoms with Crippen molar-refractivity contribution in [3.8, 4) is 5.75 Å². The summed E-state index contributed by atoms with van der Waals surface area (Å²) in [5.74, 6) is 0.238. The minimum atomic E-state index is -0.235. The minimum Gasteiger partial charge on any atom is -0.497 e. The van der Waals surface area contributed by atoms with E-state index < -0.39 is 0 Å². The van der Waals surface area contributed by atoms with Gasteiger partial charge < -0.3 is 15.4 Å². The van der Waals surface area contributed by atoms with Gasteiger partial charge in [-0.3, -0.25) is 9.59 Å². The van der Waals surface area contributed by atoms with Gasteiger partial charge in [0, 0.05) is 12.2 Å². The molecule has 2 unspecified atom stereocenters. The Morgan fingerprint density at radius 1 is 1.07 bits per heavy atom. The normalized spacial score (nSPS) is 17.9. The Kier molecular flexibility index (Phi) is 5.79. The molecule has 0 bridgehead atoms. The van der Waals surface area contributed by atoms with E-state index in [0.717, 1.165) is 34.5 Å². The maximum Gasteiger partial charge on any atom is 0.228 e. The Labute approximate surface area is 160 Å². The van der Waals surface area contributed by atoms with Gasteiger partial charge in [-0.1, -0.05) is 24.3 Å². The molecule has 0 heterocycles. The first-order chi connectivity index (χ1) is 13.0. The number of methoxy groups -OCH3 is 1. The number of nitrogens with one attached hydrogen (secondary N) is 2. The molecule has 2 atom stereocenters. The van der Waals surface area contributed by atoms with Gasteiger partial charge in [-0.15, -0.1) is 0 Å². The van der Waals surface area contributed by atoms with Crippen LogP contribution in [0.1, 0.15) is 23.1 Å². The molecular weight excluding hydrogens is 340 g/mol. The maximum atomic E-state index is 12.4. The topological polar surface area (TPSA) is 67.4 Å². The van der Waals surface area contributed by atoms with Crippen molar-refractivity contribution >= 4 is 17.5 Å². The number of amides is 2. The zero-order chi connectivity index (χ0) is 19.4. The van der Waals surface area contributed by atoms with Crippen molar-refractivity contribution in [2.75, 3.05) is 19.0 Å². The molecule has 0 saturated heterocycles.